The molecule has 0 aliphatic heterocycles. The summed E-state index contributed by atoms with van der Waals surface area (Å²) in [6.45, 7) is 0. The fraction of sp³-hybridized carbons (Fsp3) is 0.0625. The van der Waals surface area contributed by atoms with Crippen molar-refractivity contribution in [2.24, 2.45) is 7.05 Å². The van der Waals surface area contributed by atoms with Crippen molar-refractivity contribution in [2.75, 3.05) is 0 Å². The SMILES string of the molecule is Cn1ccc(C#Cc2ccc(-c3ccn4nccc4n3)s2)n1. The Hall–Kier alpha value is -2.91. The molecule has 106 valence electrons. The third kappa shape index (κ3) is 2.38. The van der Waals surface area contributed by atoms with Gasteiger partial charge in [-0.25, -0.2) is 9.50 Å². The summed E-state index contributed by atoms with van der Waals surface area (Å²) in [5.74, 6) is 6.21. The number of aromatic nitrogens is 5. The molecule has 4 aromatic rings. The first-order valence-electron chi connectivity index (χ1n) is 6.70. The third-order valence-corrected chi connectivity index (χ3v) is 4.17. The standard InChI is InChI=1S/C16H11N5S/c1-20-10-7-12(19-20)2-3-13-4-5-15(22-13)14-8-11-21-16(18-14)6-9-17-21/h4-11H,1H3. The number of thiophene rings is 1. The Labute approximate surface area is 130 Å². The molecule has 0 bridgehead atoms. The average molecular weight is 305 g/mol. The van der Waals surface area contributed by atoms with E-state index in [-0.39, 0.29) is 0 Å². The fourth-order valence-corrected chi connectivity index (χ4v) is 2.93. The molecule has 0 amide bonds. The Bertz CT molecular complexity index is 1010. The summed E-state index contributed by atoms with van der Waals surface area (Å²) in [7, 11) is 1.88. The number of hydrogen-bond acceptors (Lipinski definition) is 4. The Morgan fingerprint density at radius 1 is 1.05 bits per heavy atom. The molecule has 0 aromatic carbocycles. The van der Waals surface area contributed by atoms with Crippen molar-refractivity contribution in [1.82, 2.24) is 24.4 Å². The van der Waals surface area contributed by atoms with Crippen molar-refractivity contribution < 1.29 is 0 Å². The zero-order chi connectivity index (χ0) is 14.9. The van der Waals surface area contributed by atoms with Gasteiger partial charge in [-0.2, -0.15) is 10.2 Å². The van der Waals surface area contributed by atoms with E-state index in [0.717, 1.165) is 26.8 Å². The quantitative estimate of drug-likeness (QED) is 0.508. The highest BCUT2D eigenvalue weighted by Crippen LogP contribution is 2.26. The molecule has 4 rings (SSSR count). The first kappa shape index (κ1) is 12.8. The van der Waals surface area contributed by atoms with Crippen molar-refractivity contribution in [1.29, 1.82) is 0 Å². The van der Waals surface area contributed by atoms with E-state index in [9.17, 15) is 0 Å². The van der Waals surface area contributed by atoms with Gasteiger partial charge in [0.1, 0.15) is 5.69 Å². The second kappa shape index (κ2) is 5.13. The number of rotatable bonds is 1. The van der Waals surface area contributed by atoms with Gasteiger partial charge in [-0.05, 0) is 36.1 Å². The first-order chi connectivity index (χ1) is 10.8. The molecule has 22 heavy (non-hydrogen) atoms. The van der Waals surface area contributed by atoms with Crippen LogP contribution in [0.2, 0.25) is 0 Å². The summed E-state index contributed by atoms with van der Waals surface area (Å²) in [4.78, 5) is 6.68. The molecule has 4 aromatic heterocycles. The molecule has 0 unspecified atom stereocenters. The van der Waals surface area contributed by atoms with E-state index < -0.39 is 0 Å². The minimum Gasteiger partial charge on any atom is -0.275 e. The van der Waals surface area contributed by atoms with Gasteiger partial charge in [0.25, 0.3) is 0 Å². The predicted octanol–water partition coefficient (Wildman–Crippen LogP) is 2.59. The van der Waals surface area contributed by atoms with Crippen LogP contribution in [0.4, 0.5) is 0 Å². The van der Waals surface area contributed by atoms with Crippen LogP contribution in [0, 0.1) is 11.8 Å². The maximum absolute atomic E-state index is 4.59. The lowest BCUT2D eigenvalue weighted by Gasteiger charge is -1.97. The number of nitrogens with zero attached hydrogens (tertiary/aromatic N) is 5. The van der Waals surface area contributed by atoms with Crippen LogP contribution in [0.15, 0.2) is 48.9 Å². The molecule has 0 atom stereocenters. The van der Waals surface area contributed by atoms with E-state index in [1.165, 1.54) is 0 Å². The Kier molecular flexibility index (Phi) is 2.99. The normalized spacial score (nSPS) is 10.6. The van der Waals surface area contributed by atoms with Crippen molar-refractivity contribution in [3.8, 4) is 22.4 Å². The molecule has 0 saturated carbocycles. The van der Waals surface area contributed by atoms with Gasteiger partial charge in [-0.15, -0.1) is 11.3 Å². The van der Waals surface area contributed by atoms with Crippen LogP contribution in [-0.2, 0) is 7.05 Å². The van der Waals surface area contributed by atoms with Gasteiger partial charge in [-0.3, -0.25) is 4.68 Å². The van der Waals surface area contributed by atoms with Crippen LogP contribution in [-0.4, -0.2) is 24.4 Å². The predicted molar refractivity (Wildman–Crippen MR) is 85.5 cm³/mol. The topological polar surface area (TPSA) is 48.0 Å². The van der Waals surface area contributed by atoms with E-state index in [1.807, 2.05) is 49.8 Å². The molecule has 6 heteroatoms. The largest absolute Gasteiger partial charge is 0.275 e. The molecule has 0 saturated heterocycles. The lowest BCUT2D eigenvalue weighted by atomic mass is 10.3. The Morgan fingerprint density at radius 3 is 2.86 bits per heavy atom. The summed E-state index contributed by atoms with van der Waals surface area (Å²) < 4.78 is 3.49. The molecule has 0 fully saturated rings. The third-order valence-electron chi connectivity index (χ3n) is 3.14. The van der Waals surface area contributed by atoms with Gasteiger partial charge >= 0.3 is 0 Å². The minimum absolute atomic E-state index is 0.774. The van der Waals surface area contributed by atoms with Crippen molar-refractivity contribution in [3.05, 3.63) is 59.5 Å². The van der Waals surface area contributed by atoms with Crippen LogP contribution < -0.4 is 0 Å². The second-order valence-corrected chi connectivity index (χ2v) is 5.82. The Balaban J connectivity index is 1.64. The van der Waals surface area contributed by atoms with Crippen molar-refractivity contribution >= 4 is 17.0 Å². The van der Waals surface area contributed by atoms with Crippen LogP contribution in [0.3, 0.4) is 0 Å². The van der Waals surface area contributed by atoms with Gasteiger partial charge in [0, 0.05) is 25.5 Å². The molecule has 0 N–H and O–H groups in total. The van der Waals surface area contributed by atoms with Crippen LogP contribution in [0.1, 0.15) is 10.6 Å². The van der Waals surface area contributed by atoms with Gasteiger partial charge in [0.15, 0.2) is 5.65 Å². The molecular formula is C16H11N5S. The number of hydrogen-bond donors (Lipinski definition) is 0. The molecule has 0 spiro atoms. The second-order valence-electron chi connectivity index (χ2n) is 4.74. The van der Waals surface area contributed by atoms with Crippen molar-refractivity contribution in [2.45, 2.75) is 0 Å². The highest BCUT2D eigenvalue weighted by molar-refractivity contribution is 7.16. The smallest absolute Gasteiger partial charge is 0.155 e. The number of aryl methyl sites for hydroxylation is 1. The van der Waals surface area contributed by atoms with Gasteiger partial charge in [0.2, 0.25) is 0 Å². The average Bonchev–Trinajstić information content (AvgIpc) is 3.24. The monoisotopic (exact) mass is 305 g/mol. The summed E-state index contributed by atoms with van der Waals surface area (Å²) in [6.07, 6.45) is 5.54. The van der Waals surface area contributed by atoms with Crippen LogP contribution >= 0.6 is 11.3 Å². The highest BCUT2D eigenvalue weighted by Gasteiger charge is 2.05. The maximum Gasteiger partial charge on any atom is 0.155 e. The summed E-state index contributed by atoms with van der Waals surface area (Å²) in [6, 6.07) is 9.80. The van der Waals surface area contributed by atoms with E-state index in [1.54, 1.807) is 26.7 Å². The van der Waals surface area contributed by atoms with Gasteiger partial charge in [0.05, 0.1) is 21.6 Å². The lowest BCUT2D eigenvalue weighted by Crippen LogP contribution is -1.89. The molecular weight excluding hydrogens is 294 g/mol. The van der Waals surface area contributed by atoms with Gasteiger partial charge in [-0.1, -0.05) is 0 Å². The minimum atomic E-state index is 0.774. The summed E-state index contributed by atoms with van der Waals surface area (Å²) in [5.41, 5.74) is 2.55. The van der Waals surface area contributed by atoms with Gasteiger partial charge < -0.3 is 0 Å². The van der Waals surface area contributed by atoms with Crippen LogP contribution in [0.25, 0.3) is 16.2 Å². The van der Waals surface area contributed by atoms with E-state index in [4.69, 9.17) is 0 Å². The van der Waals surface area contributed by atoms with E-state index in [0.29, 0.717) is 0 Å². The summed E-state index contributed by atoms with van der Waals surface area (Å²) >= 11 is 1.62. The van der Waals surface area contributed by atoms with Crippen molar-refractivity contribution in [3.63, 3.8) is 0 Å². The zero-order valence-corrected chi connectivity index (χ0v) is 12.6. The highest BCUT2D eigenvalue weighted by atomic mass is 32.1. The molecule has 0 aliphatic rings. The molecule has 4 heterocycles. The molecule has 0 radical (unpaired) electrons. The first-order valence-corrected chi connectivity index (χ1v) is 7.52. The van der Waals surface area contributed by atoms with E-state index in [2.05, 4.69) is 27.0 Å². The maximum atomic E-state index is 4.59. The summed E-state index contributed by atoms with van der Waals surface area (Å²) in [5, 5.41) is 8.39. The van der Waals surface area contributed by atoms with Crippen LogP contribution in [0.5, 0.6) is 0 Å². The molecule has 5 nitrogen and oxygen atoms in total. The number of fused-ring (bicyclic) bond motifs is 1. The Morgan fingerprint density at radius 2 is 2.00 bits per heavy atom. The van der Waals surface area contributed by atoms with E-state index >= 15 is 0 Å². The molecule has 0 aliphatic carbocycles. The lowest BCUT2D eigenvalue weighted by molar-refractivity contribution is 0.764. The zero-order valence-electron chi connectivity index (χ0n) is 11.8. The fourth-order valence-electron chi connectivity index (χ4n) is 2.10.